The van der Waals surface area contributed by atoms with Gasteiger partial charge in [0.1, 0.15) is 0 Å². The van der Waals surface area contributed by atoms with Crippen molar-refractivity contribution in [2.75, 3.05) is 16.7 Å². The van der Waals surface area contributed by atoms with Crippen molar-refractivity contribution in [2.24, 2.45) is 0 Å². The summed E-state index contributed by atoms with van der Waals surface area (Å²) < 4.78 is 27.7. The fraction of sp³-hybridized carbons (Fsp3) is 0.0909. The van der Waals surface area contributed by atoms with Crippen LogP contribution in [-0.4, -0.2) is 26.5 Å². The summed E-state index contributed by atoms with van der Waals surface area (Å²) >= 11 is 8.60. The Morgan fingerprint density at radius 1 is 1.00 bits per heavy atom. The highest BCUT2D eigenvalue weighted by atomic mass is 79.9. The highest BCUT2D eigenvalue weighted by Crippen LogP contribution is 2.23. The Morgan fingerprint density at radius 2 is 1.65 bits per heavy atom. The lowest BCUT2D eigenvalue weighted by atomic mass is 10.1. The lowest BCUT2D eigenvalue weighted by Gasteiger charge is -2.19. The quantitative estimate of drug-likeness (QED) is 0.479. The molecule has 6 nitrogen and oxygen atoms in total. The molecule has 0 saturated heterocycles. The summed E-state index contributed by atoms with van der Waals surface area (Å²) in [6.45, 7) is 1.93. The predicted molar refractivity (Wildman–Crippen MR) is 131 cm³/mol. The number of sulfonamides is 1. The molecule has 0 aliphatic rings. The van der Waals surface area contributed by atoms with Gasteiger partial charge in [-0.3, -0.25) is 14.4 Å². The molecule has 0 atom stereocenters. The molecule has 0 fully saturated rings. The van der Waals surface area contributed by atoms with E-state index in [1.165, 1.54) is 23.5 Å². The van der Waals surface area contributed by atoms with E-state index >= 15 is 0 Å². The van der Waals surface area contributed by atoms with Crippen molar-refractivity contribution >= 4 is 60.6 Å². The molecule has 9 heteroatoms. The Hall–Kier alpha value is -2.75. The highest BCUT2D eigenvalue weighted by Gasteiger charge is 2.21. The molecular formula is C22H20BrN3O3S2. The van der Waals surface area contributed by atoms with Gasteiger partial charge >= 0.3 is 0 Å². The number of halogens is 1. The van der Waals surface area contributed by atoms with E-state index in [4.69, 9.17) is 12.2 Å². The van der Waals surface area contributed by atoms with Crippen LogP contribution >= 0.6 is 28.1 Å². The molecule has 0 aliphatic carbocycles. The molecule has 160 valence electrons. The van der Waals surface area contributed by atoms with Gasteiger partial charge in [-0.15, -0.1) is 0 Å². The molecule has 31 heavy (non-hydrogen) atoms. The number of carbonyl (C=O) groups is 1. The Balaban J connectivity index is 1.66. The van der Waals surface area contributed by atoms with Crippen molar-refractivity contribution in [1.29, 1.82) is 0 Å². The van der Waals surface area contributed by atoms with Crippen LogP contribution in [0, 0.1) is 6.92 Å². The predicted octanol–water partition coefficient (Wildman–Crippen LogP) is 4.71. The summed E-state index contributed by atoms with van der Waals surface area (Å²) in [6.07, 6.45) is 0. The average Bonchev–Trinajstić information content (AvgIpc) is 2.76. The van der Waals surface area contributed by atoms with Crippen LogP contribution in [0.3, 0.4) is 0 Å². The number of hydrogen-bond acceptors (Lipinski definition) is 4. The summed E-state index contributed by atoms with van der Waals surface area (Å²) in [7, 11) is -2.20. The number of para-hydroxylation sites is 1. The maximum atomic E-state index is 12.8. The van der Waals surface area contributed by atoms with Gasteiger partial charge in [-0.1, -0.05) is 40.2 Å². The second kappa shape index (κ2) is 9.59. The molecule has 0 aromatic heterocycles. The third-order valence-corrected chi connectivity index (χ3v) is 7.41. The van der Waals surface area contributed by atoms with Gasteiger partial charge < -0.3 is 5.32 Å². The molecule has 0 saturated carbocycles. The first-order valence-electron chi connectivity index (χ1n) is 9.21. The van der Waals surface area contributed by atoms with Gasteiger partial charge in [0, 0.05) is 22.8 Å². The summed E-state index contributed by atoms with van der Waals surface area (Å²) in [5, 5.41) is 5.61. The van der Waals surface area contributed by atoms with Crippen LogP contribution in [0.5, 0.6) is 0 Å². The number of benzene rings is 3. The number of hydrogen-bond donors (Lipinski definition) is 2. The van der Waals surface area contributed by atoms with Gasteiger partial charge in [0.15, 0.2) is 5.11 Å². The van der Waals surface area contributed by atoms with E-state index in [1.807, 2.05) is 19.1 Å². The summed E-state index contributed by atoms with van der Waals surface area (Å²) in [5.74, 6) is -0.345. The van der Waals surface area contributed by atoms with Gasteiger partial charge in [0.05, 0.1) is 10.6 Å². The first kappa shape index (κ1) is 22.9. The van der Waals surface area contributed by atoms with Gasteiger partial charge in [-0.05, 0) is 73.2 Å². The van der Waals surface area contributed by atoms with Gasteiger partial charge in [0.25, 0.3) is 15.9 Å². The zero-order valence-corrected chi connectivity index (χ0v) is 20.0. The molecular weight excluding hydrogens is 498 g/mol. The van der Waals surface area contributed by atoms with E-state index in [-0.39, 0.29) is 15.9 Å². The second-order valence-electron chi connectivity index (χ2n) is 6.70. The van der Waals surface area contributed by atoms with E-state index in [0.29, 0.717) is 16.9 Å². The number of rotatable bonds is 5. The fourth-order valence-corrected chi connectivity index (χ4v) is 4.50. The van der Waals surface area contributed by atoms with Crippen molar-refractivity contribution < 1.29 is 13.2 Å². The lowest BCUT2D eigenvalue weighted by molar-refractivity contribution is 0.0977. The van der Waals surface area contributed by atoms with Crippen molar-refractivity contribution in [1.82, 2.24) is 5.32 Å². The molecule has 0 radical (unpaired) electrons. The van der Waals surface area contributed by atoms with Crippen molar-refractivity contribution in [3.63, 3.8) is 0 Å². The van der Waals surface area contributed by atoms with Gasteiger partial charge in [-0.25, -0.2) is 8.42 Å². The van der Waals surface area contributed by atoms with Crippen LogP contribution in [0.2, 0.25) is 0 Å². The number of carbonyl (C=O) groups excluding carboxylic acids is 1. The maximum Gasteiger partial charge on any atom is 0.264 e. The summed E-state index contributed by atoms with van der Waals surface area (Å²) in [5.41, 5.74) is 2.60. The first-order valence-corrected chi connectivity index (χ1v) is 11.8. The molecule has 3 rings (SSSR count). The van der Waals surface area contributed by atoms with Crippen LogP contribution in [0.1, 0.15) is 15.9 Å². The Labute approximate surface area is 195 Å². The number of anilines is 2. The number of thiocarbonyl (C=S) groups is 1. The fourth-order valence-electron chi connectivity index (χ4n) is 2.72. The first-order chi connectivity index (χ1) is 14.7. The third kappa shape index (κ3) is 5.49. The van der Waals surface area contributed by atoms with E-state index in [2.05, 4.69) is 26.6 Å². The third-order valence-electron chi connectivity index (χ3n) is 4.55. The molecule has 0 aliphatic heterocycles. The minimum Gasteiger partial charge on any atom is -0.332 e. The number of aryl methyl sites for hydroxylation is 1. The van der Waals surface area contributed by atoms with Crippen LogP contribution in [0.15, 0.2) is 82.2 Å². The monoisotopic (exact) mass is 517 g/mol. The van der Waals surface area contributed by atoms with E-state index in [9.17, 15) is 13.2 Å². The molecule has 0 unspecified atom stereocenters. The zero-order valence-electron chi connectivity index (χ0n) is 16.8. The van der Waals surface area contributed by atoms with Crippen molar-refractivity contribution in [2.45, 2.75) is 11.8 Å². The van der Waals surface area contributed by atoms with Crippen LogP contribution in [-0.2, 0) is 10.0 Å². The lowest BCUT2D eigenvalue weighted by Crippen LogP contribution is -2.34. The summed E-state index contributed by atoms with van der Waals surface area (Å²) in [4.78, 5) is 12.5. The topological polar surface area (TPSA) is 78.5 Å². The van der Waals surface area contributed by atoms with Crippen LogP contribution < -0.4 is 14.9 Å². The number of amides is 1. The normalized spacial score (nSPS) is 10.9. The van der Waals surface area contributed by atoms with E-state index in [1.54, 1.807) is 48.5 Å². The number of nitrogens with one attached hydrogen (secondary N) is 2. The number of nitrogens with zero attached hydrogens (tertiary/aromatic N) is 1. The zero-order chi connectivity index (χ0) is 22.6. The Kier molecular flexibility index (Phi) is 7.09. The molecule has 3 aromatic rings. The SMILES string of the molecule is Cc1ccc(C(=O)NC(=S)Nc2ccc(S(=O)(=O)N(C)c3ccccc3)cc2)cc1Br. The standard InChI is InChI=1S/C22H20BrN3O3S2/c1-15-8-9-16(14-20(15)23)21(27)25-22(30)24-17-10-12-19(13-11-17)31(28,29)26(2)18-6-4-3-5-7-18/h3-14H,1-2H3,(H2,24,25,27,30). The molecule has 0 heterocycles. The second-order valence-corrected chi connectivity index (χ2v) is 9.94. The molecule has 0 spiro atoms. The Bertz CT molecular complexity index is 1210. The smallest absolute Gasteiger partial charge is 0.264 e. The van der Waals surface area contributed by atoms with Crippen molar-refractivity contribution in [3.8, 4) is 0 Å². The van der Waals surface area contributed by atoms with Crippen LogP contribution in [0.25, 0.3) is 0 Å². The minimum atomic E-state index is -3.70. The molecule has 0 bridgehead atoms. The van der Waals surface area contributed by atoms with E-state index in [0.717, 1.165) is 10.0 Å². The minimum absolute atomic E-state index is 0.110. The van der Waals surface area contributed by atoms with Crippen LogP contribution in [0.4, 0.5) is 11.4 Å². The maximum absolute atomic E-state index is 12.8. The average molecular weight is 518 g/mol. The van der Waals surface area contributed by atoms with Gasteiger partial charge in [0.2, 0.25) is 0 Å². The van der Waals surface area contributed by atoms with Crippen molar-refractivity contribution in [3.05, 3.63) is 88.4 Å². The van der Waals surface area contributed by atoms with E-state index < -0.39 is 10.0 Å². The summed E-state index contributed by atoms with van der Waals surface area (Å²) in [6, 6.07) is 20.2. The van der Waals surface area contributed by atoms with Gasteiger partial charge in [-0.2, -0.15) is 0 Å². The largest absolute Gasteiger partial charge is 0.332 e. The Morgan fingerprint density at radius 3 is 2.26 bits per heavy atom. The molecule has 3 aromatic carbocycles. The highest BCUT2D eigenvalue weighted by molar-refractivity contribution is 9.10. The molecule has 1 amide bonds. The molecule has 2 N–H and O–H groups in total.